The summed E-state index contributed by atoms with van der Waals surface area (Å²) >= 11 is 5.46. The van der Waals surface area contributed by atoms with Gasteiger partial charge in [-0.3, -0.25) is 4.79 Å². The van der Waals surface area contributed by atoms with Crippen LogP contribution in [0.1, 0.15) is 78.4 Å². The molecule has 0 fully saturated rings. The van der Waals surface area contributed by atoms with Crippen LogP contribution in [0, 0.1) is 0 Å². The first-order chi connectivity index (χ1) is 12.2. The van der Waals surface area contributed by atoms with Crippen molar-refractivity contribution < 1.29 is 9.53 Å². The third kappa shape index (κ3) is 6.50. The molecular formula is C22H36ClNO2. The molecule has 148 valence electrons. The summed E-state index contributed by atoms with van der Waals surface area (Å²) in [6, 6.07) is 6.67. The van der Waals surface area contributed by atoms with Gasteiger partial charge in [-0.15, -0.1) is 11.6 Å². The summed E-state index contributed by atoms with van der Waals surface area (Å²) < 4.78 is 6.12. The molecule has 0 bridgehead atoms. The second-order valence-corrected chi connectivity index (χ2v) is 8.49. The lowest BCUT2D eigenvalue weighted by Crippen LogP contribution is -2.25. The van der Waals surface area contributed by atoms with Gasteiger partial charge in [0.2, 0.25) is 5.91 Å². The first-order valence-electron chi connectivity index (χ1n) is 9.78. The molecule has 4 heteroatoms. The van der Waals surface area contributed by atoms with Crippen LogP contribution >= 0.6 is 11.6 Å². The predicted molar refractivity (Wildman–Crippen MR) is 112 cm³/mol. The van der Waals surface area contributed by atoms with Gasteiger partial charge in [0.25, 0.3) is 0 Å². The van der Waals surface area contributed by atoms with Crippen molar-refractivity contribution in [1.29, 1.82) is 0 Å². The van der Waals surface area contributed by atoms with E-state index in [0.717, 1.165) is 31.4 Å². The molecule has 0 aliphatic rings. The van der Waals surface area contributed by atoms with Gasteiger partial charge in [-0.25, -0.2) is 0 Å². The lowest BCUT2D eigenvalue weighted by molar-refractivity contribution is -0.118. The number of rotatable bonds is 11. The molecule has 1 aromatic rings. The highest BCUT2D eigenvalue weighted by Gasteiger charge is 2.26. The minimum atomic E-state index is -0.117. The Morgan fingerprint density at radius 2 is 1.73 bits per heavy atom. The van der Waals surface area contributed by atoms with Gasteiger partial charge in [0.1, 0.15) is 11.6 Å². The Labute approximate surface area is 164 Å². The zero-order valence-electron chi connectivity index (χ0n) is 17.4. The van der Waals surface area contributed by atoms with Gasteiger partial charge >= 0.3 is 0 Å². The fraction of sp³-hybridized carbons (Fsp3) is 0.682. The molecule has 1 aromatic carbocycles. The highest BCUT2D eigenvalue weighted by atomic mass is 35.5. The van der Waals surface area contributed by atoms with Gasteiger partial charge in [0, 0.05) is 12.1 Å². The van der Waals surface area contributed by atoms with Gasteiger partial charge in [-0.1, -0.05) is 53.7 Å². The number of hydrogen-bond donors (Lipinski definition) is 1. The standard InChI is InChI=1S/C22H36ClNO2/c1-7-21(3,4)17-11-12-19(18(15-17)22(5,6)8-2)26-14-10-9-13-24-20(25)16-23/h11-12,15H,7-10,13-14,16H2,1-6H3,(H,24,25). The maximum Gasteiger partial charge on any atom is 0.234 e. The van der Waals surface area contributed by atoms with Crippen molar-refractivity contribution in [2.45, 2.75) is 78.1 Å². The zero-order valence-corrected chi connectivity index (χ0v) is 18.1. The number of ether oxygens (including phenoxy) is 1. The third-order valence-corrected chi connectivity index (χ3v) is 5.77. The van der Waals surface area contributed by atoms with E-state index in [1.165, 1.54) is 11.1 Å². The van der Waals surface area contributed by atoms with Crippen molar-refractivity contribution in [2.75, 3.05) is 19.0 Å². The van der Waals surface area contributed by atoms with Gasteiger partial charge in [-0.2, -0.15) is 0 Å². The molecule has 1 rings (SSSR count). The van der Waals surface area contributed by atoms with Crippen LogP contribution in [0.5, 0.6) is 5.75 Å². The maximum atomic E-state index is 11.1. The molecule has 0 heterocycles. The van der Waals surface area contributed by atoms with Gasteiger partial charge in [-0.05, 0) is 48.1 Å². The summed E-state index contributed by atoms with van der Waals surface area (Å²) in [5.74, 6) is 0.887. The van der Waals surface area contributed by atoms with Crippen LogP contribution in [-0.4, -0.2) is 24.9 Å². The fourth-order valence-electron chi connectivity index (χ4n) is 2.68. The van der Waals surface area contributed by atoms with Gasteiger partial charge < -0.3 is 10.1 Å². The van der Waals surface area contributed by atoms with Crippen LogP contribution < -0.4 is 10.1 Å². The van der Waals surface area contributed by atoms with E-state index in [1.807, 2.05) is 0 Å². The van der Waals surface area contributed by atoms with E-state index in [2.05, 4.69) is 65.1 Å². The van der Waals surface area contributed by atoms with Gasteiger partial charge in [0.15, 0.2) is 0 Å². The van der Waals surface area contributed by atoms with E-state index >= 15 is 0 Å². The Balaban J connectivity index is 2.79. The number of carbonyl (C=O) groups excluding carboxylic acids is 1. The Morgan fingerprint density at radius 1 is 1.08 bits per heavy atom. The number of nitrogens with one attached hydrogen (secondary N) is 1. The number of alkyl halides is 1. The third-order valence-electron chi connectivity index (χ3n) is 5.53. The van der Waals surface area contributed by atoms with Crippen molar-refractivity contribution >= 4 is 17.5 Å². The summed E-state index contributed by atoms with van der Waals surface area (Å²) in [5.41, 5.74) is 2.89. The first kappa shape index (κ1) is 22.8. The van der Waals surface area contributed by atoms with E-state index in [0.29, 0.717) is 13.2 Å². The van der Waals surface area contributed by atoms with E-state index < -0.39 is 0 Å². The fourth-order valence-corrected chi connectivity index (χ4v) is 2.78. The van der Waals surface area contributed by atoms with Crippen molar-refractivity contribution in [2.24, 2.45) is 0 Å². The van der Waals surface area contributed by atoms with Crippen LogP contribution in [0.2, 0.25) is 0 Å². The first-order valence-corrected chi connectivity index (χ1v) is 10.3. The van der Waals surface area contributed by atoms with Crippen LogP contribution in [0.4, 0.5) is 0 Å². The average molecular weight is 382 g/mol. The minimum absolute atomic E-state index is 0.0203. The molecule has 0 unspecified atom stereocenters. The second kappa shape index (κ2) is 10.2. The summed E-state index contributed by atoms with van der Waals surface area (Å²) in [6.07, 6.45) is 3.95. The lowest BCUT2D eigenvalue weighted by Gasteiger charge is -2.30. The molecule has 3 nitrogen and oxygen atoms in total. The Hall–Kier alpha value is -1.22. The molecule has 1 amide bonds. The van der Waals surface area contributed by atoms with Crippen molar-refractivity contribution in [3.8, 4) is 5.75 Å². The molecule has 26 heavy (non-hydrogen) atoms. The monoisotopic (exact) mass is 381 g/mol. The number of halogens is 1. The summed E-state index contributed by atoms with van der Waals surface area (Å²) in [5, 5.41) is 2.78. The van der Waals surface area contributed by atoms with E-state index in [4.69, 9.17) is 16.3 Å². The van der Waals surface area contributed by atoms with Crippen LogP contribution in [0.25, 0.3) is 0 Å². The van der Waals surface area contributed by atoms with Crippen LogP contribution in [0.3, 0.4) is 0 Å². The number of hydrogen-bond acceptors (Lipinski definition) is 2. The van der Waals surface area contributed by atoms with E-state index in [1.54, 1.807) is 0 Å². The largest absolute Gasteiger partial charge is 0.493 e. The van der Waals surface area contributed by atoms with Gasteiger partial charge in [0.05, 0.1) is 6.61 Å². The highest BCUT2D eigenvalue weighted by Crippen LogP contribution is 2.38. The predicted octanol–water partition coefficient (Wildman–Crippen LogP) is 5.58. The normalized spacial score (nSPS) is 12.1. The van der Waals surface area contributed by atoms with Crippen LogP contribution in [0.15, 0.2) is 18.2 Å². The Bertz CT molecular complexity index is 582. The molecular weight excluding hydrogens is 346 g/mol. The quantitative estimate of drug-likeness (QED) is 0.401. The highest BCUT2D eigenvalue weighted by molar-refractivity contribution is 6.27. The maximum absolute atomic E-state index is 11.1. The van der Waals surface area contributed by atoms with E-state index in [-0.39, 0.29) is 22.6 Å². The molecule has 0 spiro atoms. The zero-order chi connectivity index (χ0) is 19.8. The number of unbranched alkanes of at least 4 members (excludes halogenated alkanes) is 1. The number of carbonyl (C=O) groups is 1. The Morgan fingerprint density at radius 3 is 2.31 bits per heavy atom. The van der Waals surface area contributed by atoms with E-state index in [9.17, 15) is 4.79 Å². The topological polar surface area (TPSA) is 38.3 Å². The molecule has 0 saturated carbocycles. The summed E-state index contributed by atoms with van der Waals surface area (Å²) in [4.78, 5) is 11.1. The van der Waals surface area contributed by atoms with Crippen molar-refractivity contribution in [3.05, 3.63) is 29.3 Å². The number of benzene rings is 1. The second-order valence-electron chi connectivity index (χ2n) is 8.22. The molecule has 0 atom stereocenters. The minimum Gasteiger partial charge on any atom is -0.493 e. The SMILES string of the molecule is CCC(C)(C)c1ccc(OCCCCNC(=O)CCl)c(C(C)(C)CC)c1. The molecule has 0 aromatic heterocycles. The molecule has 0 aliphatic carbocycles. The van der Waals surface area contributed by atoms with Crippen LogP contribution in [-0.2, 0) is 15.6 Å². The van der Waals surface area contributed by atoms with Crippen molar-refractivity contribution in [3.63, 3.8) is 0 Å². The summed E-state index contributed by atoms with van der Waals surface area (Å²) in [7, 11) is 0. The smallest absolute Gasteiger partial charge is 0.234 e. The van der Waals surface area contributed by atoms with Crippen molar-refractivity contribution in [1.82, 2.24) is 5.32 Å². The average Bonchev–Trinajstić information content (AvgIpc) is 2.64. The summed E-state index contributed by atoms with van der Waals surface area (Å²) in [6.45, 7) is 14.9. The Kier molecular flexibility index (Phi) is 8.95. The molecule has 0 radical (unpaired) electrons. The number of amides is 1. The molecule has 0 saturated heterocycles. The molecule has 0 aliphatic heterocycles. The molecule has 1 N–H and O–H groups in total. The lowest BCUT2D eigenvalue weighted by atomic mass is 9.76.